The van der Waals surface area contributed by atoms with Gasteiger partial charge in [-0.1, -0.05) is 38.3 Å². The number of hydrogen-bond acceptors (Lipinski definition) is 1. The summed E-state index contributed by atoms with van der Waals surface area (Å²) in [6, 6.07) is 5.11. The lowest BCUT2D eigenvalue weighted by molar-refractivity contribution is 0.204. The van der Waals surface area contributed by atoms with Gasteiger partial charge in [0.05, 0.1) is 0 Å². The van der Waals surface area contributed by atoms with E-state index in [-0.39, 0.29) is 5.82 Å². The van der Waals surface area contributed by atoms with Crippen LogP contribution in [-0.2, 0) is 6.54 Å². The Balaban J connectivity index is 1.98. The second-order valence-corrected chi connectivity index (χ2v) is 6.32. The lowest BCUT2D eigenvalue weighted by atomic mass is 9.78. The molecule has 1 aromatic carbocycles. The predicted octanol–water partition coefficient (Wildman–Crippen LogP) is 4.78. The summed E-state index contributed by atoms with van der Waals surface area (Å²) in [5.74, 6) is 1.20. The van der Waals surface area contributed by atoms with Crippen LogP contribution in [0.15, 0.2) is 18.2 Å². The molecule has 1 aliphatic carbocycles. The zero-order chi connectivity index (χ0) is 13.8. The Bertz CT molecular complexity index is 419. The predicted molar refractivity (Wildman–Crippen MR) is 78.8 cm³/mol. The molecule has 0 bridgehead atoms. The molecule has 1 aliphatic rings. The normalized spacial score (nSPS) is 23.8. The van der Waals surface area contributed by atoms with Gasteiger partial charge in [-0.25, -0.2) is 4.39 Å². The fourth-order valence-corrected chi connectivity index (χ4v) is 3.32. The van der Waals surface area contributed by atoms with E-state index >= 15 is 0 Å². The summed E-state index contributed by atoms with van der Waals surface area (Å²) in [5.41, 5.74) is 0.856. The maximum atomic E-state index is 13.2. The fraction of sp³-hybridized carbons (Fsp3) is 0.625. The molecule has 1 fully saturated rings. The average Bonchev–Trinajstić information content (AvgIpc) is 2.40. The summed E-state index contributed by atoms with van der Waals surface area (Å²) >= 11 is 6.11. The fourth-order valence-electron chi connectivity index (χ4n) is 3.13. The van der Waals surface area contributed by atoms with E-state index < -0.39 is 0 Å². The first kappa shape index (κ1) is 14.8. The van der Waals surface area contributed by atoms with E-state index in [0.717, 1.165) is 11.5 Å². The van der Waals surface area contributed by atoms with Gasteiger partial charge in [0.1, 0.15) is 5.82 Å². The first-order valence-electron chi connectivity index (χ1n) is 7.25. The second-order valence-electron chi connectivity index (χ2n) is 5.92. The van der Waals surface area contributed by atoms with E-state index in [0.29, 0.717) is 23.5 Å². The molecule has 0 radical (unpaired) electrons. The third-order valence-electron chi connectivity index (χ3n) is 4.24. The Morgan fingerprint density at radius 2 is 2.05 bits per heavy atom. The zero-order valence-corrected chi connectivity index (χ0v) is 12.5. The Labute approximate surface area is 120 Å². The summed E-state index contributed by atoms with van der Waals surface area (Å²) < 4.78 is 13.2. The molecule has 0 saturated heterocycles. The first-order valence-corrected chi connectivity index (χ1v) is 7.63. The molecule has 0 amide bonds. The molecule has 106 valence electrons. The number of nitrogens with one attached hydrogen (secondary N) is 1. The number of hydrogen-bond donors (Lipinski definition) is 1. The van der Waals surface area contributed by atoms with Gasteiger partial charge in [0.15, 0.2) is 0 Å². The van der Waals surface area contributed by atoms with Crippen molar-refractivity contribution >= 4 is 11.6 Å². The van der Waals surface area contributed by atoms with E-state index in [1.807, 2.05) is 0 Å². The van der Waals surface area contributed by atoms with Gasteiger partial charge in [0.25, 0.3) is 0 Å². The molecule has 0 aromatic heterocycles. The lowest BCUT2D eigenvalue weighted by Crippen LogP contribution is -2.40. The highest BCUT2D eigenvalue weighted by Gasteiger charge is 2.27. The van der Waals surface area contributed by atoms with E-state index in [1.54, 1.807) is 6.07 Å². The van der Waals surface area contributed by atoms with Crippen molar-refractivity contribution in [3.05, 3.63) is 34.6 Å². The van der Waals surface area contributed by atoms with Crippen LogP contribution in [0.1, 0.15) is 45.1 Å². The molecule has 2 unspecified atom stereocenters. The summed E-state index contributed by atoms with van der Waals surface area (Å²) in [6.45, 7) is 5.24. The number of rotatable bonds is 4. The molecular formula is C16H23ClFN. The molecule has 1 aromatic rings. The van der Waals surface area contributed by atoms with Gasteiger partial charge in [-0.2, -0.15) is 0 Å². The second kappa shape index (κ2) is 6.71. The van der Waals surface area contributed by atoms with Crippen molar-refractivity contribution in [1.82, 2.24) is 5.32 Å². The number of benzene rings is 1. The highest BCUT2D eigenvalue weighted by Crippen LogP contribution is 2.30. The van der Waals surface area contributed by atoms with Gasteiger partial charge < -0.3 is 5.32 Å². The molecule has 0 heterocycles. The molecule has 2 rings (SSSR count). The van der Waals surface area contributed by atoms with E-state index in [9.17, 15) is 4.39 Å². The molecular weight excluding hydrogens is 261 g/mol. The third-order valence-corrected chi connectivity index (χ3v) is 4.61. The van der Waals surface area contributed by atoms with Crippen LogP contribution in [0.25, 0.3) is 0 Å². The molecule has 0 aliphatic heterocycles. The molecule has 1 N–H and O–H groups in total. The van der Waals surface area contributed by atoms with Gasteiger partial charge in [0.2, 0.25) is 0 Å². The molecule has 19 heavy (non-hydrogen) atoms. The minimum atomic E-state index is -0.217. The zero-order valence-electron chi connectivity index (χ0n) is 11.8. The molecule has 2 atom stereocenters. The van der Waals surface area contributed by atoms with Crippen LogP contribution >= 0.6 is 11.6 Å². The van der Waals surface area contributed by atoms with Gasteiger partial charge in [-0.05, 0) is 48.4 Å². The monoisotopic (exact) mass is 283 g/mol. The largest absolute Gasteiger partial charge is 0.310 e. The highest BCUT2D eigenvalue weighted by molar-refractivity contribution is 6.31. The van der Waals surface area contributed by atoms with Crippen molar-refractivity contribution in [3.63, 3.8) is 0 Å². The number of halogens is 2. The van der Waals surface area contributed by atoms with Crippen molar-refractivity contribution in [2.45, 2.75) is 52.1 Å². The molecule has 3 heteroatoms. The molecule has 1 saturated carbocycles. The quantitative estimate of drug-likeness (QED) is 0.838. The van der Waals surface area contributed by atoms with E-state index in [4.69, 9.17) is 11.6 Å². The first-order chi connectivity index (χ1) is 9.08. The standard InChI is InChI=1S/C16H23ClFN/c1-11(2)14-5-3-4-6-16(14)19-10-12-9-13(18)7-8-15(12)17/h7-9,11,14,16,19H,3-6,10H2,1-2H3. The van der Waals surface area contributed by atoms with Gasteiger partial charge in [0, 0.05) is 17.6 Å². The van der Waals surface area contributed by atoms with Crippen LogP contribution in [0.3, 0.4) is 0 Å². The third kappa shape index (κ3) is 3.93. The Hall–Kier alpha value is -0.600. The van der Waals surface area contributed by atoms with Crippen molar-refractivity contribution < 1.29 is 4.39 Å². The highest BCUT2D eigenvalue weighted by atomic mass is 35.5. The summed E-state index contributed by atoms with van der Waals surface area (Å²) in [5, 5.41) is 4.23. The van der Waals surface area contributed by atoms with E-state index in [1.165, 1.54) is 37.8 Å². The van der Waals surface area contributed by atoms with Crippen LogP contribution in [0.4, 0.5) is 4.39 Å². The Morgan fingerprint density at radius 3 is 2.79 bits per heavy atom. The van der Waals surface area contributed by atoms with Crippen molar-refractivity contribution in [2.75, 3.05) is 0 Å². The van der Waals surface area contributed by atoms with Crippen molar-refractivity contribution in [3.8, 4) is 0 Å². The maximum Gasteiger partial charge on any atom is 0.123 e. The van der Waals surface area contributed by atoms with Crippen LogP contribution in [0.5, 0.6) is 0 Å². The minimum absolute atomic E-state index is 0.217. The Kier molecular flexibility index (Phi) is 5.23. The summed E-state index contributed by atoms with van der Waals surface area (Å²) in [6.07, 6.45) is 5.14. The van der Waals surface area contributed by atoms with Gasteiger partial charge >= 0.3 is 0 Å². The molecule has 1 nitrogen and oxygen atoms in total. The SMILES string of the molecule is CC(C)C1CCCCC1NCc1cc(F)ccc1Cl. The lowest BCUT2D eigenvalue weighted by Gasteiger charge is -2.35. The smallest absolute Gasteiger partial charge is 0.123 e. The average molecular weight is 284 g/mol. The van der Waals surface area contributed by atoms with Crippen LogP contribution in [0, 0.1) is 17.7 Å². The van der Waals surface area contributed by atoms with Crippen LogP contribution in [0.2, 0.25) is 5.02 Å². The van der Waals surface area contributed by atoms with Crippen molar-refractivity contribution in [1.29, 1.82) is 0 Å². The summed E-state index contributed by atoms with van der Waals surface area (Å²) in [4.78, 5) is 0. The van der Waals surface area contributed by atoms with Crippen LogP contribution < -0.4 is 5.32 Å². The summed E-state index contributed by atoms with van der Waals surface area (Å²) in [7, 11) is 0. The molecule has 0 spiro atoms. The van der Waals surface area contributed by atoms with E-state index in [2.05, 4.69) is 19.2 Å². The van der Waals surface area contributed by atoms with Crippen molar-refractivity contribution in [2.24, 2.45) is 11.8 Å². The van der Waals surface area contributed by atoms with Crippen LogP contribution in [-0.4, -0.2) is 6.04 Å². The topological polar surface area (TPSA) is 12.0 Å². The van der Waals surface area contributed by atoms with Gasteiger partial charge in [-0.15, -0.1) is 0 Å². The minimum Gasteiger partial charge on any atom is -0.310 e. The Morgan fingerprint density at radius 1 is 1.32 bits per heavy atom. The maximum absolute atomic E-state index is 13.2. The van der Waals surface area contributed by atoms with Gasteiger partial charge in [-0.3, -0.25) is 0 Å².